The number of rotatable bonds is 6. The standard InChI is InChI=1S/C15H31NO2/c1-12-10-14(2,3)7-6-13(12)16-11-15(4,17)8-9-18-5/h12-13,16-17H,6-11H2,1-5H3. The first-order chi connectivity index (χ1) is 8.26. The molecule has 0 aliphatic heterocycles. The van der Waals surface area contributed by atoms with Crippen LogP contribution in [-0.4, -0.2) is 37.0 Å². The smallest absolute Gasteiger partial charge is 0.0765 e. The fourth-order valence-corrected chi connectivity index (χ4v) is 3.01. The molecule has 2 N–H and O–H groups in total. The predicted molar refractivity (Wildman–Crippen MR) is 75.7 cm³/mol. The fraction of sp³-hybridized carbons (Fsp3) is 1.00. The van der Waals surface area contributed by atoms with E-state index in [0.717, 1.165) is 0 Å². The Balaban J connectivity index is 2.35. The third-order valence-electron chi connectivity index (χ3n) is 4.28. The summed E-state index contributed by atoms with van der Waals surface area (Å²) in [6.07, 6.45) is 4.44. The van der Waals surface area contributed by atoms with Gasteiger partial charge in [0.2, 0.25) is 0 Å². The van der Waals surface area contributed by atoms with Gasteiger partial charge in [-0.25, -0.2) is 0 Å². The van der Waals surface area contributed by atoms with Gasteiger partial charge in [-0.15, -0.1) is 0 Å². The van der Waals surface area contributed by atoms with Crippen LogP contribution in [0.25, 0.3) is 0 Å². The Morgan fingerprint density at radius 3 is 2.67 bits per heavy atom. The van der Waals surface area contributed by atoms with E-state index in [1.165, 1.54) is 19.3 Å². The minimum atomic E-state index is -0.664. The molecule has 0 spiro atoms. The van der Waals surface area contributed by atoms with Crippen LogP contribution in [-0.2, 0) is 4.74 Å². The molecule has 0 aromatic heterocycles. The molecule has 18 heavy (non-hydrogen) atoms. The third kappa shape index (κ3) is 5.25. The zero-order valence-electron chi connectivity index (χ0n) is 12.8. The van der Waals surface area contributed by atoms with Crippen LogP contribution in [0.15, 0.2) is 0 Å². The summed E-state index contributed by atoms with van der Waals surface area (Å²) in [5.74, 6) is 0.687. The highest BCUT2D eigenvalue weighted by molar-refractivity contribution is 4.88. The molecule has 0 aromatic rings. The van der Waals surface area contributed by atoms with Crippen molar-refractivity contribution in [3.63, 3.8) is 0 Å². The molecule has 1 aliphatic rings. The quantitative estimate of drug-likeness (QED) is 0.768. The highest BCUT2D eigenvalue weighted by atomic mass is 16.5. The van der Waals surface area contributed by atoms with E-state index in [9.17, 15) is 5.11 Å². The van der Waals surface area contributed by atoms with Crippen LogP contribution in [0, 0.1) is 11.3 Å². The van der Waals surface area contributed by atoms with E-state index in [-0.39, 0.29) is 0 Å². The first kappa shape index (κ1) is 15.9. The van der Waals surface area contributed by atoms with Crippen LogP contribution in [0.5, 0.6) is 0 Å². The lowest BCUT2D eigenvalue weighted by atomic mass is 9.70. The van der Waals surface area contributed by atoms with E-state index in [1.807, 2.05) is 6.92 Å². The van der Waals surface area contributed by atoms with Crippen LogP contribution in [0.2, 0.25) is 0 Å². The van der Waals surface area contributed by atoms with Gasteiger partial charge in [0.1, 0.15) is 0 Å². The van der Waals surface area contributed by atoms with E-state index in [2.05, 4.69) is 26.1 Å². The van der Waals surface area contributed by atoms with Gasteiger partial charge in [0.05, 0.1) is 5.60 Å². The summed E-state index contributed by atoms with van der Waals surface area (Å²) in [4.78, 5) is 0. The minimum absolute atomic E-state index is 0.482. The lowest BCUT2D eigenvalue weighted by Crippen LogP contribution is -2.48. The van der Waals surface area contributed by atoms with Gasteiger partial charge in [-0.3, -0.25) is 0 Å². The second-order valence-electron chi connectivity index (χ2n) is 7.11. The van der Waals surface area contributed by atoms with Crippen LogP contribution in [0.1, 0.15) is 53.4 Å². The maximum absolute atomic E-state index is 10.2. The normalized spacial score (nSPS) is 31.0. The lowest BCUT2D eigenvalue weighted by Gasteiger charge is -2.40. The van der Waals surface area contributed by atoms with E-state index in [1.54, 1.807) is 7.11 Å². The van der Waals surface area contributed by atoms with Gasteiger partial charge in [0.25, 0.3) is 0 Å². The molecule has 1 saturated carbocycles. The zero-order valence-corrected chi connectivity index (χ0v) is 12.8. The molecule has 108 valence electrons. The van der Waals surface area contributed by atoms with Crippen molar-refractivity contribution in [2.75, 3.05) is 20.3 Å². The van der Waals surface area contributed by atoms with Crippen molar-refractivity contribution in [3.05, 3.63) is 0 Å². The van der Waals surface area contributed by atoms with E-state index < -0.39 is 5.60 Å². The van der Waals surface area contributed by atoms with Crippen molar-refractivity contribution < 1.29 is 9.84 Å². The Kier molecular flexibility index (Phi) is 5.63. The second-order valence-corrected chi connectivity index (χ2v) is 7.11. The minimum Gasteiger partial charge on any atom is -0.389 e. The first-order valence-corrected chi connectivity index (χ1v) is 7.20. The summed E-state index contributed by atoms with van der Waals surface area (Å²) >= 11 is 0. The molecule has 0 aromatic carbocycles. The number of aliphatic hydroxyl groups is 1. The highest BCUT2D eigenvalue weighted by Crippen LogP contribution is 2.38. The van der Waals surface area contributed by atoms with E-state index in [4.69, 9.17) is 4.74 Å². The van der Waals surface area contributed by atoms with Crippen molar-refractivity contribution in [1.82, 2.24) is 5.32 Å². The molecule has 3 unspecified atom stereocenters. The number of ether oxygens (including phenoxy) is 1. The van der Waals surface area contributed by atoms with Gasteiger partial charge >= 0.3 is 0 Å². The summed E-state index contributed by atoms with van der Waals surface area (Å²) in [6, 6.07) is 0.548. The van der Waals surface area contributed by atoms with Gasteiger partial charge in [-0.05, 0) is 37.5 Å². The Bertz CT molecular complexity index is 251. The Morgan fingerprint density at radius 1 is 1.44 bits per heavy atom. The van der Waals surface area contributed by atoms with Gasteiger partial charge in [0.15, 0.2) is 0 Å². The van der Waals surface area contributed by atoms with Crippen LogP contribution in [0.3, 0.4) is 0 Å². The molecule has 0 saturated heterocycles. The number of hydrogen-bond donors (Lipinski definition) is 2. The van der Waals surface area contributed by atoms with Crippen molar-refractivity contribution in [2.24, 2.45) is 11.3 Å². The maximum Gasteiger partial charge on any atom is 0.0765 e. The fourth-order valence-electron chi connectivity index (χ4n) is 3.01. The van der Waals surface area contributed by atoms with Crippen molar-refractivity contribution in [3.8, 4) is 0 Å². The topological polar surface area (TPSA) is 41.5 Å². The van der Waals surface area contributed by atoms with E-state index >= 15 is 0 Å². The average molecular weight is 257 g/mol. The molecular weight excluding hydrogens is 226 g/mol. The molecule has 0 amide bonds. The molecule has 1 rings (SSSR count). The Labute approximate surface area is 112 Å². The summed E-state index contributed by atoms with van der Waals surface area (Å²) in [7, 11) is 1.68. The highest BCUT2D eigenvalue weighted by Gasteiger charge is 2.33. The molecule has 0 bridgehead atoms. The summed E-state index contributed by atoms with van der Waals surface area (Å²) < 4.78 is 5.03. The molecule has 0 radical (unpaired) electrons. The van der Waals surface area contributed by atoms with Crippen LogP contribution < -0.4 is 5.32 Å². The molecule has 0 heterocycles. The maximum atomic E-state index is 10.2. The van der Waals surface area contributed by atoms with Crippen LogP contribution in [0.4, 0.5) is 0 Å². The third-order valence-corrected chi connectivity index (χ3v) is 4.28. The Morgan fingerprint density at radius 2 is 2.11 bits per heavy atom. The summed E-state index contributed by atoms with van der Waals surface area (Å²) in [6.45, 7) is 10.2. The van der Waals surface area contributed by atoms with E-state index in [0.29, 0.717) is 36.9 Å². The Hall–Kier alpha value is -0.120. The zero-order chi connectivity index (χ0) is 13.8. The summed E-state index contributed by atoms with van der Waals surface area (Å²) in [5.41, 5.74) is -0.182. The number of methoxy groups -OCH3 is 1. The largest absolute Gasteiger partial charge is 0.389 e. The molecule has 1 aliphatic carbocycles. The van der Waals surface area contributed by atoms with Crippen molar-refractivity contribution in [2.45, 2.75) is 65.0 Å². The SMILES string of the molecule is COCCC(C)(O)CNC1CCC(C)(C)CC1C. The molecule has 1 fully saturated rings. The molecular formula is C15H31NO2. The van der Waals surface area contributed by atoms with Gasteiger partial charge < -0.3 is 15.2 Å². The van der Waals surface area contributed by atoms with Crippen molar-refractivity contribution in [1.29, 1.82) is 0 Å². The summed E-state index contributed by atoms with van der Waals surface area (Å²) in [5, 5.41) is 13.8. The number of hydrogen-bond acceptors (Lipinski definition) is 3. The van der Waals surface area contributed by atoms with Gasteiger partial charge in [-0.2, -0.15) is 0 Å². The second kappa shape index (κ2) is 6.36. The predicted octanol–water partition coefficient (Wildman–Crippen LogP) is 2.58. The average Bonchev–Trinajstić information content (AvgIpc) is 2.24. The molecule has 3 nitrogen and oxygen atoms in total. The monoisotopic (exact) mass is 257 g/mol. The van der Waals surface area contributed by atoms with Gasteiger partial charge in [0, 0.05) is 32.7 Å². The number of nitrogens with one attached hydrogen (secondary N) is 1. The molecule has 3 atom stereocenters. The van der Waals surface area contributed by atoms with Crippen LogP contribution >= 0.6 is 0 Å². The first-order valence-electron chi connectivity index (χ1n) is 7.20. The van der Waals surface area contributed by atoms with Crippen molar-refractivity contribution >= 4 is 0 Å². The lowest BCUT2D eigenvalue weighted by molar-refractivity contribution is 0.0175. The van der Waals surface area contributed by atoms with Gasteiger partial charge in [-0.1, -0.05) is 20.8 Å². The molecule has 3 heteroatoms.